The van der Waals surface area contributed by atoms with Gasteiger partial charge in [-0.3, -0.25) is 4.79 Å². The van der Waals surface area contributed by atoms with Crippen LogP contribution in [0.4, 0.5) is 0 Å². The van der Waals surface area contributed by atoms with Gasteiger partial charge >= 0.3 is 0 Å². The number of rotatable bonds is 7. The highest BCUT2D eigenvalue weighted by atomic mass is 16.1. The van der Waals surface area contributed by atoms with E-state index < -0.39 is 0 Å². The smallest absolute Gasteiger partial charge is 0.211 e. The van der Waals surface area contributed by atoms with Gasteiger partial charge in [-0.15, -0.1) is 0 Å². The Morgan fingerprint density at radius 2 is 1.92 bits per heavy atom. The summed E-state index contributed by atoms with van der Waals surface area (Å²) < 4.78 is 0. The molecule has 0 spiro atoms. The summed E-state index contributed by atoms with van der Waals surface area (Å²) in [4.78, 5) is 10.2. The van der Waals surface area contributed by atoms with Crippen LogP contribution in [-0.4, -0.2) is 6.41 Å². The SMILES string of the molecule is CCCCCC/C(C)=C(/C)NC=O. The van der Waals surface area contributed by atoms with Gasteiger partial charge < -0.3 is 5.32 Å². The van der Waals surface area contributed by atoms with Crippen molar-refractivity contribution in [2.45, 2.75) is 52.9 Å². The van der Waals surface area contributed by atoms with Crippen LogP contribution < -0.4 is 5.32 Å². The van der Waals surface area contributed by atoms with Crippen molar-refractivity contribution in [3.8, 4) is 0 Å². The minimum atomic E-state index is 0.741. The van der Waals surface area contributed by atoms with Crippen LogP contribution in [0.3, 0.4) is 0 Å². The maximum Gasteiger partial charge on any atom is 0.211 e. The molecule has 0 bridgehead atoms. The fraction of sp³-hybridized carbons (Fsp3) is 0.727. The van der Waals surface area contributed by atoms with Gasteiger partial charge in [0.1, 0.15) is 0 Å². The maximum absolute atomic E-state index is 10.2. The Hall–Kier alpha value is -0.790. The first-order chi connectivity index (χ1) is 6.22. The lowest BCUT2D eigenvalue weighted by atomic mass is 10.1. The first-order valence-corrected chi connectivity index (χ1v) is 5.09. The van der Waals surface area contributed by atoms with Crippen LogP contribution in [-0.2, 0) is 4.79 Å². The van der Waals surface area contributed by atoms with E-state index in [0.717, 1.165) is 18.5 Å². The molecule has 0 radical (unpaired) electrons. The summed E-state index contributed by atoms with van der Waals surface area (Å²) in [7, 11) is 0. The van der Waals surface area contributed by atoms with Gasteiger partial charge in [-0.2, -0.15) is 0 Å². The number of nitrogens with one attached hydrogen (secondary N) is 1. The van der Waals surface area contributed by atoms with Crippen LogP contribution in [0.15, 0.2) is 11.3 Å². The number of carbonyl (C=O) groups excluding carboxylic acids is 1. The summed E-state index contributed by atoms with van der Waals surface area (Å²) in [6.45, 7) is 6.24. The number of hydrogen-bond acceptors (Lipinski definition) is 1. The number of unbranched alkanes of at least 4 members (excludes halogenated alkanes) is 3. The lowest BCUT2D eigenvalue weighted by molar-refractivity contribution is -0.108. The topological polar surface area (TPSA) is 29.1 Å². The first kappa shape index (κ1) is 12.2. The minimum Gasteiger partial charge on any atom is -0.333 e. The largest absolute Gasteiger partial charge is 0.333 e. The summed E-state index contributed by atoms with van der Waals surface area (Å²) in [5, 5.41) is 2.69. The van der Waals surface area contributed by atoms with Gasteiger partial charge in [-0.1, -0.05) is 31.8 Å². The Bertz CT molecular complexity index is 173. The normalized spacial score (nSPS) is 12.2. The fourth-order valence-electron chi connectivity index (χ4n) is 1.22. The standard InChI is InChI=1S/C11H21NO/c1-4-5-6-7-8-10(2)11(3)12-9-13/h9H,4-8H2,1-3H3,(H,12,13)/b11-10-. The Morgan fingerprint density at radius 1 is 1.23 bits per heavy atom. The van der Waals surface area contributed by atoms with Crippen LogP contribution in [0.25, 0.3) is 0 Å². The summed E-state index contributed by atoms with van der Waals surface area (Å²) >= 11 is 0. The third-order valence-corrected chi connectivity index (χ3v) is 2.32. The Balaban J connectivity index is 3.64. The lowest BCUT2D eigenvalue weighted by Gasteiger charge is -2.05. The van der Waals surface area contributed by atoms with Crippen molar-refractivity contribution in [3.63, 3.8) is 0 Å². The molecule has 0 aromatic carbocycles. The van der Waals surface area contributed by atoms with E-state index in [2.05, 4.69) is 19.2 Å². The van der Waals surface area contributed by atoms with E-state index in [1.165, 1.54) is 31.3 Å². The van der Waals surface area contributed by atoms with Gasteiger partial charge in [0.25, 0.3) is 0 Å². The van der Waals surface area contributed by atoms with Gasteiger partial charge in [0.15, 0.2) is 0 Å². The van der Waals surface area contributed by atoms with Crippen molar-refractivity contribution < 1.29 is 4.79 Å². The van der Waals surface area contributed by atoms with Crippen molar-refractivity contribution in [3.05, 3.63) is 11.3 Å². The molecule has 1 amide bonds. The predicted molar refractivity (Wildman–Crippen MR) is 56.3 cm³/mol. The summed E-state index contributed by atoms with van der Waals surface area (Å²) in [6.07, 6.45) is 6.96. The molecule has 76 valence electrons. The zero-order valence-corrected chi connectivity index (χ0v) is 9.02. The van der Waals surface area contributed by atoms with Gasteiger partial charge in [-0.25, -0.2) is 0 Å². The van der Waals surface area contributed by atoms with Crippen LogP contribution in [0, 0.1) is 0 Å². The van der Waals surface area contributed by atoms with Crippen molar-refractivity contribution >= 4 is 6.41 Å². The van der Waals surface area contributed by atoms with Crippen molar-refractivity contribution in [2.75, 3.05) is 0 Å². The van der Waals surface area contributed by atoms with Crippen molar-refractivity contribution in [1.29, 1.82) is 0 Å². The van der Waals surface area contributed by atoms with E-state index in [4.69, 9.17) is 0 Å². The maximum atomic E-state index is 10.2. The number of amides is 1. The zero-order valence-electron chi connectivity index (χ0n) is 9.02. The van der Waals surface area contributed by atoms with E-state index in [9.17, 15) is 4.79 Å². The number of allylic oxidation sites excluding steroid dienone is 2. The molecule has 0 aromatic heterocycles. The van der Waals surface area contributed by atoms with Crippen LogP contribution >= 0.6 is 0 Å². The van der Waals surface area contributed by atoms with Crippen LogP contribution in [0.5, 0.6) is 0 Å². The van der Waals surface area contributed by atoms with Crippen molar-refractivity contribution in [2.24, 2.45) is 0 Å². The third-order valence-electron chi connectivity index (χ3n) is 2.32. The molecule has 0 aliphatic heterocycles. The van der Waals surface area contributed by atoms with E-state index in [1.54, 1.807) is 0 Å². The Kier molecular flexibility index (Phi) is 7.36. The molecule has 0 saturated carbocycles. The molecule has 0 rings (SSSR count). The average Bonchev–Trinajstić information content (AvgIpc) is 2.12. The fourth-order valence-corrected chi connectivity index (χ4v) is 1.22. The highest BCUT2D eigenvalue weighted by Crippen LogP contribution is 2.11. The van der Waals surface area contributed by atoms with Crippen LogP contribution in [0.2, 0.25) is 0 Å². The number of hydrogen-bond donors (Lipinski definition) is 1. The first-order valence-electron chi connectivity index (χ1n) is 5.09. The number of carbonyl (C=O) groups is 1. The monoisotopic (exact) mass is 183 g/mol. The van der Waals surface area contributed by atoms with Gasteiger partial charge in [0.05, 0.1) is 0 Å². The highest BCUT2D eigenvalue weighted by molar-refractivity contribution is 5.50. The molecule has 13 heavy (non-hydrogen) atoms. The molecule has 0 atom stereocenters. The van der Waals surface area contributed by atoms with E-state index in [-0.39, 0.29) is 0 Å². The van der Waals surface area contributed by atoms with E-state index in [0.29, 0.717) is 0 Å². The minimum absolute atomic E-state index is 0.741. The Morgan fingerprint density at radius 3 is 2.46 bits per heavy atom. The molecule has 2 heteroatoms. The predicted octanol–water partition coefficient (Wildman–Crippen LogP) is 3.00. The lowest BCUT2D eigenvalue weighted by Crippen LogP contribution is -2.09. The third kappa shape index (κ3) is 6.38. The molecule has 0 saturated heterocycles. The van der Waals surface area contributed by atoms with E-state index in [1.807, 2.05) is 6.92 Å². The highest BCUT2D eigenvalue weighted by Gasteiger charge is 1.95. The summed E-state index contributed by atoms with van der Waals surface area (Å²) in [5.74, 6) is 0. The molecule has 0 heterocycles. The van der Waals surface area contributed by atoms with Crippen molar-refractivity contribution in [1.82, 2.24) is 5.32 Å². The quantitative estimate of drug-likeness (QED) is 0.477. The molecule has 0 aliphatic rings. The molecule has 2 nitrogen and oxygen atoms in total. The summed E-state index contributed by atoms with van der Waals surface area (Å²) in [6, 6.07) is 0. The molecule has 0 aliphatic carbocycles. The molecule has 0 unspecified atom stereocenters. The molecule has 0 aromatic rings. The zero-order chi connectivity index (χ0) is 10.1. The second kappa shape index (κ2) is 7.84. The molecule has 0 fully saturated rings. The molecular weight excluding hydrogens is 162 g/mol. The second-order valence-electron chi connectivity index (χ2n) is 3.48. The van der Waals surface area contributed by atoms with Gasteiger partial charge in [0, 0.05) is 5.70 Å². The average molecular weight is 183 g/mol. The second-order valence-corrected chi connectivity index (χ2v) is 3.48. The molecule has 1 N–H and O–H groups in total. The van der Waals surface area contributed by atoms with Gasteiger partial charge in [0.2, 0.25) is 6.41 Å². The Labute approximate surface area is 81.4 Å². The molecular formula is C11H21NO. The van der Waals surface area contributed by atoms with E-state index >= 15 is 0 Å². The summed E-state index contributed by atoms with van der Waals surface area (Å²) in [5.41, 5.74) is 2.30. The van der Waals surface area contributed by atoms with Gasteiger partial charge in [-0.05, 0) is 26.7 Å². The van der Waals surface area contributed by atoms with Crippen LogP contribution in [0.1, 0.15) is 52.9 Å².